The van der Waals surface area contributed by atoms with Crippen LogP contribution < -0.4 is 5.56 Å². The van der Waals surface area contributed by atoms with E-state index in [0.29, 0.717) is 22.4 Å². The summed E-state index contributed by atoms with van der Waals surface area (Å²) in [6, 6.07) is 7.46. The first-order chi connectivity index (χ1) is 10.0. The van der Waals surface area contributed by atoms with Crippen molar-refractivity contribution in [3.63, 3.8) is 0 Å². The van der Waals surface area contributed by atoms with Gasteiger partial charge in [-0.05, 0) is 24.5 Å². The maximum Gasteiger partial charge on any atom is 0.262 e. The summed E-state index contributed by atoms with van der Waals surface area (Å²) >= 11 is 1.71. The number of hydrogen-bond donors (Lipinski definition) is 2. The van der Waals surface area contributed by atoms with Gasteiger partial charge >= 0.3 is 0 Å². The minimum Gasteiger partial charge on any atom is -0.493 e. The van der Waals surface area contributed by atoms with Gasteiger partial charge in [0, 0.05) is 5.25 Å². The third kappa shape index (κ3) is 3.67. The average Bonchev–Trinajstić information content (AvgIpc) is 2.46. The predicted octanol–water partition coefficient (Wildman–Crippen LogP) is 3.48. The van der Waals surface area contributed by atoms with Crippen molar-refractivity contribution in [1.29, 1.82) is 0 Å². The van der Waals surface area contributed by atoms with E-state index in [1.165, 1.54) is 0 Å². The van der Waals surface area contributed by atoms with E-state index in [-0.39, 0.29) is 17.0 Å². The molecule has 0 bridgehead atoms. The van der Waals surface area contributed by atoms with E-state index in [2.05, 4.69) is 23.8 Å². The summed E-state index contributed by atoms with van der Waals surface area (Å²) in [4.78, 5) is 19.2. The Balaban J connectivity index is 2.35. The maximum atomic E-state index is 12.3. The lowest BCUT2D eigenvalue weighted by Gasteiger charge is -2.10. The van der Waals surface area contributed by atoms with Gasteiger partial charge in [0.1, 0.15) is 11.4 Å². The normalized spacial score (nSPS) is 12.3. The molecule has 21 heavy (non-hydrogen) atoms. The molecule has 0 aliphatic rings. The Hall–Kier alpha value is -1.75. The molecule has 0 amide bonds. The standard InChI is InChI=1S/C16H20N2O2S/c1-4-11(3)21-9-13-17-15(19)14(16(20)18-13)12-8-6-5-7-10(12)2/h5-8,11H,4,9H2,1-3H3,(H2,17,18,19,20). The Morgan fingerprint density at radius 3 is 2.71 bits per heavy atom. The lowest BCUT2D eigenvalue weighted by atomic mass is 10.0. The zero-order chi connectivity index (χ0) is 15.4. The van der Waals surface area contributed by atoms with Crippen molar-refractivity contribution in [1.82, 2.24) is 9.97 Å². The first-order valence-electron chi connectivity index (χ1n) is 7.02. The molecule has 0 saturated heterocycles. The Morgan fingerprint density at radius 2 is 2.10 bits per heavy atom. The minimum atomic E-state index is -0.295. The van der Waals surface area contributed by atoms with Crippen LogP contribution in [0.1, 0.15) is 31.7 Å². The van der Waals surface area contributed by atoms with Crippen LogP contribution in [0, 0.1) is 6.92 Å². The predicted molar refractivity (Wildman–Crippen MR) is 87.7 cm³/mol. The average molecular weight is 304 g/mol. The number of nitrogens with zero attached hydrogens (tertiary/aromatic N) is 1. The van der Waals surface area contributed by atoms with Crippen LogP contribution in [0.25, 0.3) is 11.1 Å². The second kappa shape index (κ2) is 6.80. The number of H-pyrrole nitrogens is 1. The van der Waals surface area contributed by atoms with Gasteiger partial charge in [-0.15, -0.1) is 0 Å². The molecule has 0 aliphatic carbocycles. The maximum absolute atomic E-state index is 12.3. The van der Waals surface area contributed by atoms with Crippen molar-refractivity contribution in [2.45, 2.75) is 38.2 Å². The molecule has 1 aromatic carbocycles. The molecule has 2 N–H and O–H groups in total. The first kappa shape index (κ1) is 15.6. The SMILES string of the molecule is CCC(C)SCc1nc(O)c(-c2ccccc2C)c(=O)[nH]1. The number of aromatic nitrogens is 2. The Labute approximate surface area is 128 Å². The van der Waals surface area contributed by atoms with Gasteiger partial charge in [-0.3, -0.25) is 4.79 Å². The summed E-state index contributed by atoms with van der Waals surface area (Å²) in [7, 11) is 0. The molecule has 4 nitrogen and oxygen atoms in total. The zero-order valence-corrected chi connectivity index (χ0v) is 13.3. The molecule has 0 spiro atoms. The highest BCUT2D eigenvalue weighted by Crippen LogP contribution is 2.27. The third-order valence-corrected chi connectivity index (χ3v) is 4.79. The van der Waals surface area contributed by atoms with Gasteiger partial charge in [0.2, 0.25) is 5.88 Å². The van der Waals surface area contributed by atoms with Crippen molar-refractivity contribution < 1.29 is 5.11 Å². The highest BCUT2D eigenvalue weighted by atomic mass is 32.2. The van der Waals surface area contributed by atoms with Gasteiger partial charge in [-0.2, -0.15) is 16.7 Å². The topological polar surface area (TPSA) is 66.0 Å². The molecule has 1 atom stereocenters. The number of aryl methyl sites for hydroxylation is 1. The van der Waals surface area contributed by atoms with Crippen LogP contribution in [0.5, 0.6) is 5.88 Å². The first-order valence-corrected chi connectivity index (χ1v) is 8.07. The highest BCUT2D eigenvalue weighted by Gasteiger charge is 2.15. The number of hydrogen-bond acceptors (Lipinski definition) is 4. The highest BCUT2D eigenvalue weighted by molar-refractivity contribution is 7.99. The van der Waals surface area contributed by atoms with Crippen molar-refractivity contribution in [2.75, 3.05) is 0 Å². The van der Waals surface area contributed by atoms with E-state index in [1.807, 2.05) is 31.2 Å². The summed E-state index contributed by atoms with van der Waals surface area (Å²) in [5.74, 6) is 0.902. The summed E-state index contributed by atoms with van der Waals surface area (Å²) in [6.07, 6.45) is 1.06. The number of thioether (sulfide) groups is 1. The second-order valence-electron chi connectivity index (χ2n) is 5.06. The van der Waals surface area contributed by atoms with Gasteiger partial charge in [0.25, 0.3) is 5.56 Å². The minimum absolute atomic E-state index is 0.201. The fraction of sp³-hybridized carbons (Fsp3) is 0.375. The van der Waals surface area contributed by atoms with E-state index in [4.69, 9.17) is 0 Å². The van der Waals surface area contributed by atoms with Crippen molar-refractivity contribution in [3.8, 4) is 17.0 Å². The number of aromatic hydroxyl groups is 1. The fourth-order valence-electron chi connectivity index (χ4n) is 2.01. The number of nitrogens with one attached hydrogen (secondary N) is 1. The lowest BCUT2D eigenvalue weighted by molar-refractivity contribution is 0.451. The van der Waals surface area contributed by atoms with E-state index in [9.17, 15) is 9.90 Å². The molecular formula is C16H20N2O2S. The zero-order valence-electron chi connectivity index (χ0n) is 12.5. The molecule has 0 saturated carbocycles. The molecule has 1 heterocycles. The molecule has 1 aromatic heterocycles. The van der Waals surface area contributed by atoms with Gasteiger partial charge in [0.15, 0.2) is 0 Å². The van der Waals surface area contributed by atoms with E-state index >= 15 is 0 Å². The number of benzene rings is 1. The Bertz CT molecular complexity index is 682. The Kier molecular flexibility index (Phi) is 5.07. The fourth-order valence-corrected chi connectivity index (χ4v) is 2.83. The molecular weight excluding hydrogens is 284 g/mol. The summed E-state index contributed by atoms with van der Waals surface area (Å²) < 4.78 is 0. The van der Waals surface area contributed by atoms with Gasteiger partial charge in [-0.25, -0.2) is 0 Å². The molecule has 5 heteroatoms. The van der Waals surface area contributed by atoms with Crippen molar-refractivity contribution >= 4 is 11.8 Å². The molecule has 2 aromatic rings. The summed E-state index contributed by atoms with van der Waals surface area (Å²) in [6.45, 7) is 6.15. The monoisotopic (exact) mass is 304 g/mol. The lowest BCUT2D eigenvalue weighted by Crippen LogP contribution is -2.14. The molecule has 0 aliphatic heterocycles. The summed E-state index contributed by atoms with van der Waals surface area (Å²) in [5, 5.41) is 10.6. The van der Waals surface area contributed by atoms with Gasteiger partial charge in [0.05, 0.1) is 5.75 Å². The van der Waals surface area contributed by atoms with Crippen molar-refractivity contribution in [3.05, 3.63) is 46.0 Å². The van der Waals surface area contributed by atoms with Gasteiger partial charge < -0.3 is 10.1 Å². The van der Waals surface area contributed by atoms with Gasteiger partial charge in [-0.1, -0.05) is 38.1 Å². The second-order valence-corrected chi connectivity index (χ2v) is 6.48. The molecule has 2 rings (SSSR count). The molecule has 0 radical (unpaired) electrons. The quantitative estimate of drug-likeness (QED) is 0.887. The molecule has 1 unspecified atom stereocenters. The van der Waals surface area contributed by atoms with E-state index < -0.39 is 0 Å². The summed E-state index contributed by atoms with van der Waals surface area (Å²) in [5.41, 5.74) is 1.59. The Morgan fingerprint density at radius 1 is 1.38 bits per heavy atom. The van der Waals surface area contributed by atoms with E-state index in [1.54, 1.807) is 11.8 Å². The molecule has 0 fully saturated rings. The largest absolute Gasteiger partial charge is 0.493 e. The van der Waals surface area contributed by atoms with Crippen LogP contribution >= 0.6 is 11.8 Å². The number of rotatable bonds is 5. The van der Waals surface area contributed by atoms with Crippen LogP contribution in [-0.4, -0.2) is 20.3 Å². The van der Waals surface area contributed by atoms with Crippen LogP contribution in [0.4, 0.5) is 0 Å². The van der Waals surface area contributed by atoms with Crippen LogP contribution in [-0.2, 0) is 5.75 Å². The number of aromatic amines is 1. The third-order valence-electron chi connectivity index (χ3n) is 3.44. The van der Waals surface area contributed by atoms with Crippen molar-refractivity contribution in [2.24, 2.45) is 0 Å². The van der Waals surface area contributed by atoms with Crippen LogP contribution in [0.2, 0.25) is 0 Å². The van der Waals surface area contributed by atoms with Crippen LogP contribution in [0.15, 0.2) is 29.1 Å². The smallest absolute Gasteiger partial charge is 0.262 e. The molecule has 112 valence electrons. The van der Waals surface area contributed by atoms with Crippen LogP contribution in [0.3, 0.4) is 0 Å². The van der Waals surface area contributed by atoms with E-state index in [0.717, 1.165) is 12.0 Å².